The van der Waals surface area contributed by atoms with E-state index in [4.69, 9.17) is 4.74 Å². The van der Waals surface area contributed by atoms with Crippen molar-refractivity contribution in [2.75, 3.05) is 26.3 Å². The van der Waals surface area contributed by atoms with Crippen molar-refractivity contribution in [3.8, 4) is 0 Å². The van der Waals surface area contributed by atoms with Gasteiger partial charge in [-0.05, 0) is 17.7 Å². The van der Waals surface area contributed by atoms with Crippen molar-refractivity contribution < 1.29 is 9.13 Å². The zero-order valence-electron chi connectivity index (χ0n) is 9.58. The lowest BCUT2D eigenvalue weighted by atomic mass is 10.1. The van der Waals surface area contributed by atoms with Gasteiger partial charge in [-0.3, -0.25) is 4.90 Å². The Morgan fingerprint density at radius 2 is 2.12 bits per heavy atom. The Hall–Kier alpha value is -1.39. The standard InChI is InChI=1S/C13H15FN2O/c14-11-2-1-3-12-13(11)10(8-15-12)9-16-4-6-17-7-5-16/h1-3,8,15H,4-7,9H2. The molecule has 0 aliphatic carbocycles. The molecule has 1 aromatic heterocycles. The number of hydrogen-bond acceptors (Lipinski definition) is 2. The number of nitrogens with zero attached hydrogens (tertiary/aromatic N) is 1. The Morgan fingerprint density at radius 3 is 2.94 bits per heavy atom. The van der Waals surface area contributed by atoms with E-state index in [1.807, 2.05) is 12.3 Å². The van der Waals surface area contributed by atoms with Crippen molar-refractivity contribution in [3.63, 3.8) is 0 Å². The summed E-state index contributed by atoms with van der Waals surface area (Å²) in [5.41, 5.74) is 1.90. The summed E-state index contributed by atoms with van der Waals surface area (Å²) in [7, 11) is 0. The molecule has 0 radical (unpaired) electrons. The first-order chi connectivity index (χ1) is 8.34. The summed E-state index contributed by atoms with van der Waals surface area (Å²) in [6.45, 7) is 4.15. The van der Waals surface area contributed by atoms with Gasteiger partial charge in [0.25, 0.3) is 0 Å². The monoisotopic (exact) mass is 234 g/mol. The number of ether oxygens (including phenoxy) is 1. The predicted molar refractivity (Wildman–Crippen MR) is 64.4 cm³/mol. The van der Waals surface area contributed by atoms with Gasteiger partial charge in [-0.15, -0.1) is 0 Å². The Labute approximate surface area is 99.2 Å². The van der Waals surface area contributed by atoms with Gasteiger partial charge < -0.3 is 9.72 Å². The Bertz CT molecular complexity index is 517. The molecule has 3 nitrogen and oxygen atoms in total. The van der Waals surface area contributed by atoms with Crippen molar-refractivity contribution in [2.24, 2.45) is 0 Å². The topological polar surface area (TPSA) is 28.3 Å². The molecular weight excluding hydrogens is 219 g/mol. The molecule has 17 heavy (non-hydrogen) atoms. The van der Waals surface area contributed by atoms with E-state index < -0.39 is 0 Å². The third-order valence-corrected chi connectivity index (χ3v) is 3.23. The van der Waals surface area contributed by atoms with Gasteiger partial charge in [0.15, 0.2) is 0 Å². The quantitative estimate of drug-likeness (QED) is 0.862. The van der Waals surface area contributed by atoms with Crippen LogP contribution in [-0.2, 0) is 11.3 Å². The van der Waals surface area contributed by atoms with Crippen molar-refractivity contribution in [2.45, 2.75) is 6.54 Å². The summed E-state index contributed by atoms with van der Waals surface area (Å²) in [5.74, 6) is -0.146. The number of aromatic nitrogens is 1. The third kappa shape index (κ3) is 2.06. The minimum Gasteiger partial charge on any atom is -0.379 e. The summed E-state index contributed by atoms with van der Waals surface area (Å²) >= 11 is 0. The second kappa shape index (κ2) is 4.47. The number of aromatic amines is 1. The summed E-state index contributed by atoms with van der Waals surface area (Å²) in [4.78, 5) is 5.41. The summed E-state index contributed by atoms with van der Waals surface area (Å²) in [5, 5.41) is 0.721. The molecule has 0 atom stereocenters. The highest BCUT2D eigenvalue weighted by molar-refractivity contribution is 5.83. The molecule has 2 heterocycles. The highest BCUT2D eigenvalue weighted by Gasteiger charge is 2.14. The second-order valence-corrected chi connectivity index (χ2v) is 4.36. The normalized spacial score (nSPS) is 17.7. The van der Waals surface area contributed by atoms with Crippen LogP contribution in [0.2, 0.25) is 0 Å². The Morgan fingerprint density at radius 1 is 1.29 bits per heavy atom. The van der Waals surface area contributed by atoms with Crippen LogP contribution in [0, 0.1) is 5.82 Å². The van der Waals surface area contributed by atoms with Crippen LogP contribution >= 0.6 is 0 Å². The van der Waals surface area contributed by atoms with E-state index in [9.17, 15) is 4.39 Å². The minimum atomic E-state index is -0.146. The van der Waals surface area contributed by atoms with E-state index in [0.29, 0.717) is 0 Å². The molecule has 0 bridgehead atoms. The lowest BCUT2D eigenvalue weighted by Gasteiger charge is -2.26. The molecule has 0 amide bonds. The van der Waals surface area contributed by atoms with Gasteiger partial charge in [0.2, 0.25) is 0 Å². The predicted octanol–water partition coefficient (Wildman–Crippen LogP) is 2.14. The number of morpholine rings is 1. The molecule has 1 fully saturated rings. The van der Waals surface area contributed by atoms with Crippen LogP contribution in [0.5, 0.6) is 0 Å². The second-order valence-electron chi connectivity index (χ2n) is 4.36. The Kier molecular flexibility index (Phi) is 2.82. The van der Waals surface area contributed by atoms with Gasteiger partial charge in [0.1, 0.15) is 5.82 Å². The van der Waals surface area contributed by atoms with Crippen molar-refractivity contribution >= 4 is 10.9 Å². The van der Waals surface area contributed by atoms with Gasteiger partial charge in [-0.1, -0.05) is 6.07 Å². The molecule has 2 aromatic rings. The van der Waals surface area contributed by atoms with Crippen LogP contribution < -0.4 is 0 Å². The maximum absolute atomic E-state index is 13.8. The van der Waals surface area contributed by atoms with Crippen LogP contribution in [0.15, 0.2) is 24.4 Å². The fraction of sp³-hybridized carbons (Fsp3) is 0.385. The van der Waals surface area contributed by atoms with Crippen LogP contribution in [0.1, 0.15) is 5.56 Å². The highest BCUT2D eigenvalue weighted by Crippen LogP contribution is 2.22. The van der Waals surface area contributed by atoms with Gasteiger partial charge in [0.05, 0.1) is 13.2 Å². The van der Waals surface area contributed by atoms with Crippen LogP contribution in [0.4, 0.5) is 4.39 Å². The molecule has 1 aliphatic rings. The Balaban J connectivity index is 1.89. The van der Waals surface area contributed by atoms with Gasteiger partial charge in [-0.2, -0.15) is 0 Å². The third-order valence-electron chi connectivity index (χ3n) is 3.23. The van der Waals surface area contributed by atoms with Crippen molar-refractivity contribution in [1.29, 1.82) is 0 Å². The van der Waals surface area contributed by atoms with E-state index in [0.717, 1.165) is 49.3 Å². The number of fused-ring (bicyclic) bond motifs is 1. The van der Waals surface area contributed by atoms with E-state index in [-0.39, 0.29) is 5.82 Å². The SMILES string of the molecule is Fc1cccc2[nH]cc(CN3CCOCC3)c12. The average Bonchev–Trinajstić information content (AvgIpc) is 2.75. The minimum absolute atomic E-state index is 0.146. The molecule has 4 heteroatoms. The number of H-pyrrole nitrogens is 1. The van der Waals surface area contributed by atoms with Crippen molar-refractivity contribution in [1.82, 2.24) is 9.88 Å². The van der Waals surface area contributed by atoms with E-state index in [1.165, 1.54) is 6.07 Å². The lowest BCUT2D eigenvalue weighted by molar-refractivity contribution is 0.0343. The summed E-state index contributed by atoms with van der Waals surface area (Å²) in [6.07, 6.45) is 1.91. The summed E-state index contributed by atoms with van der Waals surface area (Å²) in [6, 6.07) is 5.15. The molecule has 1 N–H and O–H groups in total. The lowest BCUT2D eigenvalue weighted by Crippen LogP contribution is -2.35. The highest BCUT2D eigenvalue weighted by atomic mass is 19.1. The molecule has 90 valence electrons. The first-order valence-corrected chi connectivity index (χ1v) is 5.89. The smallest absolute Gasteiger partial charge is 0.132 e. The van der Waals surface area contributed by atoms with Gasteiger partial charge in [-0.25, -0.2) is 4.39 Å². The van der Waals surface area contributed by atoms with Crippen LogP contribution in [0.25, 0.3) is 10.9 Å². The van der Waals surface area contributed by atoms with E-state index >= 15 is 0 Å². The molecule has 1 aromatic carbocycles. The number of hydrogen-bond donors (Lipinski definition) is 1. The first kappa shape index (κ1) is 10.7. The van der Waals surface area contributed by atoms with E-state index in [1.54, 1.807) is 6.07 Å². The maximum Gasteiger partial charge on any atom is 0.132 e. The number of halogens is 1. The zero-order valence-corrected chi connectivity index (χ0v) is 9.58. The largest absolute Gasteiger partial charge is 0.379 e. The molecule has 0 unspecified atom stereocenters. The van der Waals surface area contributed by atoms with Gasteiger partial charge in [0, 0.05) is 36.7 Å². The van der Waals surface area contributed by atoms with Crippen LogP contribution in [-0.4, -0.2) is 36.2 Å². The molecule has 1 aliphatic heterocycles. The summed E-state index contributed by atoms with van der Waals surface area (Å²) < 4.78 is 19.1. The molecule has 3 rings (SSSR count). The maximum atomic E-state index is 13.8. The van der Waals surface area contributed by atoms with Gasteiger partial charge >= 0.3 is 0 Å². The number of nitrogens with one attached hydrogen (secondary N) is 1. The molecule has 0 saturated carbocycles. The number of benzene rings is 1. The van der Waals surface area contributed by atoms with E-state index in [2.05, 4.69) is 9.88 Å². The molecule has 0 spiro atoms. The fourth-order valence-corrected chi connectivity index (χ4v) is 2.33. The molecule has 1 saturated heterocycles. The molecular formula is C13H15FN2O. The zero-order chi connectivity index (χ0) is 11.7. The first-order valence-electron chi connectivity index (χ1n) is 5.89. The van der Waals surface area contributed by atoms with Crippen molar-refractivity contribution in [3.05, 3.63) is 35.8 Å². The number of rotatable bonds is 2. The fourth-order valence-electron chi connectivity index (χ4n) is 2.33. The average molecular weight is 234 g/mol. The van der Waals surface area contributed by atoms with Crippen LogP contribution in [0.3, 0.4) is 0 Å².